The van der Waals surface area contributed by atoms with Crippen molar-refractivity contribution < 1.29 is 40.7 Å². The number of rotatable bonds is 3. The van der Waals surface area contributed by atoms with Crippen LogP contribution in [0.2, 0.25) is 0 Å². The molecule has 0 fully saturated rings. The van der Waals surface area contributed by atoms with Crippen molar-refractivity contribution in [3.05, 3.63) is 24.0 Å². The number of hydrogen-bond donors (Lipinski definition) is 1. The fourth-order valence-electron chi connectivity index (χ4n) is 1.80. The maximum Gasteiger partial charge on any atom is 0.471 e. The number of methoxy groups -OCH3 is 1. The van der Waals surface area contributed by atoms with Gasteiger partial charge >= 0.3 is 24.2 Å². The Morgan fingerprint density at radius 2 is 1.73 bits per heavy atom. The Morgan fingerprint density at radius 3 is 2.05 bits per heavy atom. The van der Waals surface area contributed by atoms with Crippen molar-refractivity contribution in [1.82, 2.24) is 9.88 Å². The predicted molar refractivity (Wildman–Crippen MR) is 59.4 cm³/mol. The molecule has 5 nitrogen and oxygen atoms in total. The molecule has 1 atom stereocenters. The second-order valence-corrected chi connectivity index (χ2v) is 4.20. The minimum Gasteiger partial charge on any atom is -0.467 e. The van der Waals surface area contributed by atoms with Crippen molar-refractivity contribution in [3.8, 4) is 0 Å². The average Bonchev–Trinajstić information content (AvgIpc) is 2.78. The summed E-state index contributed by atoms with van der Waals surface area (Å²) in [4.78, 5) is 22.7. The van der Waals surface area contributed by atoms with Gasteiger partial charge in [0, 0.05) is 13.2 Å². The maximum absolute atomic E-state index is 13.4. The highest BCUT2D eigenvalue weighted by molar-refractivity contribution is 5.91. The van der Waals surface area contributed by atoms with E-state index < -0.39 is 35.5 Å². The lowest BCUT2D eigenvalue weighted by Gasteiger charge is -2.34. The van der Waals surface area contributed by atoms with Crippen LogP contribution in [-0.4, -0.2) is 35.9 Å². The first-order valence-electron chi connectivity index (χ1n) is 5.54. The van der Waals surface area contributed by atoms with E-state index in [-0.39, 0.29) is 0 Å². The number of nitrogens with zero attached hydrogens (tertiary/aromatic N) is 1. The van der Waals surface area contributed by atoms with Crippen molar-refractivity contribution in [1.29, 1.82) is 0 Å². The highest BCUT2D eigenvalue weighted by Gasteiger charge is 2.66. The van der Waals surface area contributed by atoms with Crippen LogP contribution in [0.15, 0.2) is 18.3 Å². The number of alkyl halides is 6. The summed E-state index contributed by atoms with van der Waals surface area (Å²) < 4.78 is 82.0. The molecule has 0 saturated carbocycles. The van der Waals surface area contributed by atoms with Gasteiger partial charge in [0.05, 0.1) is 12.8 Å². The number of ether oxygens (including phenoxy) is 1. The molecule has 0 aromatic carbocycles. The van der Waals surface area contributed by atoms with Crippen molar-refractivity contribution in [2.24, 2.45) is 7.05 Å². The normalized spacial score (nSPS) is 15.1. The third kappa shape index (κ3) is 2.88. The van der Waals surface area contributed by atoms with Gasteiger partial charge in [0.15, 0.2) is 0 Å². The Hall–Kier alpha value is -2.20. The fraction of sp³-hybridized carbons (Fsp3) is 0.455. The lowest BCUT2D eigenvalue weighted by Crippen LogP contribution is -2.64. The van der Waals surface area contributed by atoms with Crippen LogP contribution < -0.4 is 5.32 Å². The van der Waals surface area contributed by atoms with Crippen LogP contribution in [0.1, 0.15) is 5.69 Å². The molecule has 1 aromatic rings. The van der Waals surface area contributed by atoms with E-state index in [9.17, 15) is 35.9 Å². The van der Waals surface area contributed by atoms with Crippen molar-refractivity contribution in [2.75, 3.05) is 7.11 Å². The molecule has 22 heavy (non-hydrogen) atoms. The summed E-state index contributed by atoms with van der Waals surface area (Å²) in [5.74, 6) is -5.02. The molecule has 0 saturated heterocycles. The second-order valence-electron chi connectivity index (χ2n) is 4.20. The van der Waals surface area contributed by atoms with Crippen LogP contribution in [0.4, 0.5) is 26.3 Å². The van der Waals surface area contributed by atoms with E-state index >= 15 is 0 Å². The number of amides is 1. The van der Waals surface area contributed by atoms with E-state index in [0.29, 0.717) is 7.11 Å². The van der Waals surface area contributed by atoms with Crippen molar-refractivity contribution >= 4 is 11.9 Å². The highest BCUT2D eigenvalue weighted by atomic mass is 19.4. The molecule has 0 radical (unpaired) electrons. The van der Waals surface area contributed by atoms with Crippen molar-refractivity contribution in [3.63, 3.8) is 0 Å². The number of nitrogens with one attached hydrogen (secondary N) is 1. The molecule has 1 amide bonds. The molecule has 0 spiro atoms. The smallest absolute Gasteiger partial charge is 0.467 e. The summed E-state index contributed by atoms with van der Waals surface area (Å²) in [6.07, 6.45) is -10.1. The minimum atomic E-state index is -5.62. The number of aromatic nitrogens is 1. The quantitative estimate of drug-likeness (QED) is 0.676. The van der Waals surface area contributed by atoms with Crippen LogP contribution in [0, 0.1) is 0 Å². The van der Waals surface area contributed by atoms with E-state index in [0.717, 1.165) is 35.3 Å². The van der Waals surface area contributed by atoms with Crippen LogP contribution >= 0.6 is 0 Å². The molecule has 0 unspecified atom stereocenters. The molecule has 124 valence electrons. The summed E-state index contributed by atoms with van der Waals surface area (Å²) in [5, 5.41) is 0.720. The SMILES string of the molecule is COC(=O)[C@](NC(=O)C(F)(F)F)(c1cccn1C)C(F)(F)F. The largest absolute Gasteiger partial charge is 0.471 e. The van der Waals surface area contributed by atoms with Gasteiger partial charge in [-0.25, -0.2) is 4.79 Å². The Kier molecular flexibility index (Phi) is 4.49. The van der Waals surface area contributed by atoms with Crippen LogP contribution in [0.3, 0.4) is 0 Å². The number of esters is 1. The maximum atomic E-state index is 13.4. The van der Waals surface area contributed by atoms with Crippen LogP contribution in [0.25, 0.3) is 0 Å². The van der Waals surface area contributed by atoms with Gasteiger partial charge < -0.3 is 14.6 Å². The number of halogens is 6. The Morgan fingerprint density at radius 1 is 1.18 bits per heavy atom. The van der Waals surface area contributed by atoms with Gasteiger partial charge in [0.25, 0.3) is 5.54 Å². The van der Waals surface area contributed by atoms with Crippen LogP contribution in [0.5, 0.6) is 0 Å². The number of carbonyl (C=O) groups is 2. The van der Waals surface area contributed by atoms with E-state index in [1.54, 1.807) is 0 Å². The zero-order chi connectivity index (χ0) is 17.3. The third-order valence-electron chi connectivity index (χ3n) is 2.80. The zero-order valence-electron chi connectivity index (χ0n) is 11.2. The molecule has 0 aliphatic carbocycles. The molecular weight excluding hydrogens is 322 g/mol. The number of carbonyl (C=O) groups excluding carboxylic acids is 2. The Bertz CT molecular complexity index is 577. The lowest BCUT2D eigenvalue weighted by atomic mass is 9.93. The summed E-state index contributed by atoms with van der Waals surface area (Å²) in [6.45, 7) is 0. The summed E-state index contributed by atoms with van der Waals surface area (Å²) in [7, 11) is 1.63. The third-order valence-corrected chi connectivity index (χ3v) is 2.80. The fourth-order valence-corrected chi connectivity index (χ4v) is 1.80. The van der Waals surface area contributed by atoms with E-state index in [1.807, 2.05) is 0 Å². The van der Waals surface area contributed by atoms with Gasteiger partial charge in [-0.1, -0.05) is 0 Å². The Balaban J connectivity index is 3.59. The molecule has 11 heteroatoms. The summed E-state index contributed by atoms with van der Waals surface area (Å²) in [5.41, 5.74) is -4.91. The summed E-state index contributed by atoms with van der Waals surface area (Å²) >= 11 is 0. The topological polar surface area (TPSA) is 60.3 Å². The highest BCUT2D eigenvalue weighted by Crippen LogP contribution is 2.41. The Labute approximate surface area is 119 Å². The standard InChI is InChI=1S/C11H10F6N2O3/c1-19-5-3-4-6(19)9(8(21)22-2,11(15,16)17)18-7(20)10(12,13)14/h3-5H,1-2H3,(H,18,20)/t9-/m1/s1. The molecule has 1 heterocycles. The van der Waals surface area contributed by atoms with Gasteiger partial charge in [0.1, 0.15) is 0 Å². The first-order valence-corrected chi connectivity index (χ1v) is 5.54. The molecule has 0 aliphatic rings. The van der Waals surface area contributed by atoms with E-state index in [4.69, 9.17) is 0 Å². The van der Waals surface area contributed by atoms with Crippen molar-refractivity contribution in [2.45, 2.75) is 17.9 Å². The molecule has 1 rings (SSSR count). The molecule has 1 N–H and O–H groups in total. The molecule has 0 bridgehead atoms. The predicted octanol–water partition coefficient (Wildman–Crippen LogP) is 1.63. The first kappa shape index (κ1) is 17.9. The molecular formula is C11H10F6N2O3. The zero-order valence-corrected chi connectivity index (χ0v) is 11.2. The van der Waals surface area contributed by atoms with Gasteiger partial charge in [-0.15, -0.1) is 0 Å². The first-order chi connectivity index (χ1) is 9.88. The average molecular weight is 332 g/mol. The minimum absolute atomic E-state index is 0.561. The van der Waals surface area contributed by atoms with Gasteiger partial charge in [0.2, 0.25) is 0 Å². The van der Waals surface area contributed by atoms with Gasteiger partial charge in [-0.2, -0.15) is 26.3 Å². The molecule has 0 aliphatic heterocycles. The van der Waals surface area contributed by atoms with Gasteiger partial charge in [-0.05, 0) is 12.1 Å². The van der Waals surface area contributed by atoms with E-state index in [1.165, 1.54) is 0 Å². The second kappa shape index (κ2) is 5.54. The number of hydrogen-bond acceptors (Lipinski definition) is 3. The summed E-state index contributed by atoms with van der Waals surface area (Å²) in [6, 6.07) is 1.82. The lowest BCUT2D eigenvalue weighted by molar-refractivity contribution is -0.223. The number of aryl methyl sites for hydroxylation is 1. The monoisotopic (exact) mass is 332 g/mol. The van der Waals surface area contributed by atoms with Crippen LogP contribution in [-0.2, 0) is 26.9 Å². The molecule has 1 aromatic heterocycles. The van der Waals surface area contributed by atoms with Gasteiger partial charge in [-0.3, -0.25) is 4.79 Å². The van der Waals surface area contributed by atoms with E-state index in [2.05, 4.69) is 4.74 Å².